The van der Waals surface area contributed by atoms with E-state index in [4.69, 9.17) is 0 Å². The zero-order valence-electron chi connectivity index (χ0n) is 7.53. The number of anilines is 2. The van der Waals surface area contributed by atoms with Gasteiger partial charge in [0, 0.05) is 17.6 Å². The van der Waals surface area contributed by atoms with Crippen molar-refractivity contribution in [2.24, 2.45) is 0 Å². The highest BCUT2D eigenvalue weighted by Crippen LogP contribution is 2.38. The van der Waals surface area contributed by atoms with Gasteiger partial charge < -0.3 is 9.80 Å². The molecule has 14 heavy (non-hydrogen) atoms. The topological polar surface area (TPSA) is 23.6 Å². The first kappa shape index (κ1) is 8.29. The third kappa shape index (κ3) is 1.00. The lowest BCUT2D eigenvalue weighted by molar-refractivity contribution is -0.118. The van der Waals surface area contributed by atoms with Crippen molar-refractivity contribution < 1.29 is 4.79 Å². The van der Waals surface area contributed by atoms with E-state index in [1.54, 1.807) is 0 Å². The van der Waals surface area contributed by atoms with Gasteiger partial charge in [-0.1, -0.05) is 15.9 Å². The van der Waals surface area contributed by atoms with Crippen molar-refractivity contribution in [1.82, 2.24) is 0 Å². The second-order valence-electron chi connectivity index (χ2n) is 3.60. The lowest BCUT2D eigenvalue weighted by Gasteiger charge is -2.43. The smallest absolute Gasteiger partial charge is 0.246 e. The Balaban J connectivity index is 2.20. The molecule has 3 nitrogen and oxygen atoms in total. The fourth-order valence-corrected chi connectivity index (χ4v) is 2.46. The molecule has 0 aliphatic carbocycles. The summed E-state index contributed by atoms with van der Waals surface area (Å²) in [5, 5.41) is 0. The van der Waals surface area contributed by atoms with E-state index < -0.39 is 0 Å². The number of amides is 1. The Morgan fingerprint density at radius 3 is 2.86 bits per heavy atom. The number of benzene rings is 1. The molecule has 72 valence electrons. The van der Waals surface area contributed by atoms with Crippen molar-refractivity contribution in [3.8, 4) is 0 Å². The Kier molecular flexibility index (Phi) is 1.62. The van der Waals surface area contributed by atoms with Crippen molar-refractivity contribution in [2.45, 2.75) is 0 Å². The van der Waals surface area contributed by atoms with Crippen molar-refractivity contribution >= 4 is 33.2 Å². The lowest BCUT2D eigenvalue weighted by atomic mass is 10.1. The van der Waals surface area contributed by atoms with Gasteiger partial charge in [-0.05, 0) is 18.2 Å². The van der Waals surface area contributed by atoms with Gasteiger partial charge in [0.15, 0.2) is 0 Å². The molecule has 4 rings (SSSR count). The molecule has 0 saturated carbocycles. The van der Waals surface area contributed by atoms with Gasteiger partial charge in [0.2, 0.25) is 5.91 Å². The van der Waals surface area contributed by atoms with E-state index in [0.717, 1.165) is 23.2 Å². The van der Waals surface area contributed by atoms with Crippen LogP contribution >= 0.6 is 15.9 Å². The van der Waals surface area contributed by atoms with Gasteiger partial charge in [0.1, 0.15) is 0 Å². The van der Waals surface area contributed by atoms with Crippen LogP contribution < -0.4 is 9.80 Å². The third-order valence-corrected chi connectivity index (χ3v) is 3.28. The summed E-state index contributed by atoms with van der Waals surface area (Å²) in [5.41, 5.74) is 2.22. The zero-order chi connectivity index (χ0) is 9.71. The van der Waals surface area contributed by atoms with E-state index in [9.17, 15) is 4.79 Å². The van der Waals surface area contributed by atoms with Gasteiger partial charge >= 0.3 is 0 Å². The van der Waals surface area contributed by atoms with Crippen LogP contribution in [0.3, 0.4) is 0 Å². The lowest BCUT2D eigenvalue weighted by Crippen LogP contribution is -2.55. The summed E-state index contributed by atoms with van der Waals surface area (Å²) in [4.78, 5) is 15.6. The van der Waals surface area contributed by atoms with Crippen LogP contribution in [0.1, 0.15) is 0 Å². The Morgan fingerprint density at radius 2 is 2.07 bits per heavy atom. The summed E-state index contributed by atoms with van der Waals surface area (Å²) in [6.45, 7) is 2.31. The number of rotatable bonds is 0. The molecule has 0 aromatic heterocycles. The first-order valence-electron chi connectivity index (χ1n) is 4.60. The molecule has 3 aliphatic heterocycles. The second kappa shape index (κ2) is 2.73. The van der Waals surface area contributed by atoms with Gasteiger partial charge in [-0.3, -0.25) is 4.79 Å². The van der Waals surface area contributed by atoms with Crippen LogP contribution in [-0.2, 0) is 4.79 Å². The molecule has 3 heterocycles. The minimum absolute atomic E-state index is 0.214. The maximum Gasteiger partial charge on any atom is 0.246 e. The number of nitrogens with zero attached hydrogens (tertiary/aromatic N) is 2. The Labute approximate surface area is 90.4 Å². The largest absolute Gasteiger partial charge is 0.359 e. The molecular weight excluding hydrogens is 244 g/mol. The van der Waals surface area contributed by atoms with Crippen molar-refractivity contribution in [3.05, 3.63) is 22.7 Å². The molecule has 1 aromatic rings. The number of hydrogen-bond acceptors (Lipinski definition) is 2. The first-order valence-corrected chi connectivity index (χ1v) is 5.40. The summed E-state index contributed by atoms with van der Waals surface area (Å²) in [7, 11) is 0. The molecule has 1 saturated heterocycles. The van der Waals surface area contributed by atoms with Gasteiger partial charge in [0.05, 0.1) is 17.9 Å². The SMILES string of the molecule is O=C1CN2CCN1c1ccc(Br)cc12. The molecule has 0 N–H and O–H groups in total. The van der Waals surface area contributed by atoms with E-state index in [-0.39, 0.29) is 5.91 Å². The van der Waals surface area contributed by atoms with Gasteiger partial charge in [0.25, 0.3) is 0 Å². The average Bonchev–Trinajstić information content (AvgIpc) is 2.18. The van der Waals surface area contributed by atoms with E-state index >= 15 is 0 Å². The number of piperazine rings is 1. The molecule has 1 fully saturated rings. The van der Waals surface area contributed by atoms with E-state index in [2.05, 4.69) is 26.9 Å². The number of halogens is 1. The third-order valence-electron chi connectivity index (χ3n) is 2.79. The highest BCUT2D eigenvalue weighted by molar-refractivity contribution is 9.10. The van der Waals surface area contributed by atoms with Crippen LogP contribution in [0.5, 0.6) is 0 Å². The van der Waals surface area contributed by atoms with E-state index in [1.807, 2.05) is 17.0 Å². The molecule has 1 aromatic carbocycles. The highest BCUT2D eigenvalue weighted by atomic mass is 79.9. The maximum atomic E-state index is 11.6. The standard InChI is InChI=1S/C10H9BrN2O/c11-7-1-2-8-9(5-7)12-3-4-13(8)10(14)6-12/h1-2,5H,3-4,6H2. The number of fused-ring (bicyclic) bond motifs is 2. The molecule has 3 aliphatic rings. The molecule has 1 amide bonds. The second-order valence-corrected chi connectivity index (χ2v) is 4.52. The first-order chi connectivity index (χ1) is 6.75. The molecule has 0 atom stereocenters. The molecule has 2 bridgehead atoms. The van der Waals surface area contributed by atoms with Crippen molar-refractivity contribution in [1.29, 1.82) is 0 Å². The fraction of sp³-hybridized carbons (Fsp3) is 0.300. The van der Waals surface area contributed by atoms with Crippen LogP contribution in [-0.4, -0.2) is 25.5 Å². The number of hydrogen-bond donors (Lipinski definition) is 0. The summed E-state index contributed by atoms with van der Waals surface area (Å²) in [6.07, 6.45) is 0. The van der Waals surface area contributed by atoms with Gasteiger partial charge in [-0.2, -0.15) is 0 Å². The fourth-order valence-electron chi connectivity index (χ4n) is 2.11. The highest BCUT2D eigenvalue weighted by Gasteiger charge is 2.33. The number of carbonyl (C=O) groups is 1. The minimum Gasteiger partial charge on any atom is -0.359 e. The van der Waals surface area contributed by atoms with Crippen molar-refractivity contribution in [3.63, 3.8) is 0 Å². The Hall–Kier alpha value is -1.03. The molecule has 0 spiro atoms. The van der Waals surface area contributed by atoms with Crippen LogP contribution in [0.2, 0.25) is 0 Å². The van der Waals surface area contributed by atoms with Crippen LogP contribution in [0, 0.1) is 0 Å². The Bertz CT molecular complexity index is 419. The maximum absolute atomic E-state index is 11.6. The molecule has 0 radical (unpaired) electrons. The molecular formula is C10H9BrN2O. The summed E-state index contributed by atoms with van der Waals surface area (Å²) in [5.74, 6) is 0.214. The Morgan fingerprint density at radius 1 is 1.21 bits per heavy atom. The van der Waals surface area contributed by atoms with E-state index in [0.29, 0.717) is 6.54 Å². The predicted molar refractivity (Wildman–Crippen MR) is 58.7 cm³/mol. The van der Waals surface area contributed by atoms with Gasteiger partial charge in [-0.25, -0.2) is 0 Å². The molecule has 4 heteroatoms. The summed E-state index contributed by atoms with van der Waals surface area (Å²) in [6, 6.07) is 6.06. The summed E-state index contributed by atoms with van der Waals surface area (Å²) < 4.78 is 1.07. The number of carbonyl (C=O) groups excluding carboxylic acids is 1. The van der Waals surface area contributed by atoms with Crippen LogP contribution in [0.15, 0.2) is 22.7 Å². The predicted octanol–water partition coefficient (Wildman–Crippen LogP) is 1.62. The van der Waals surface area contributed by atoms with Crippen molar-refractivity contribution in [2.75, 3.05) is 29.4 Å². The average molecular weight is 253 g/mol. The minimum atomic E-state index is 0.214. The van der Waals surface area contributed by atoms with E-state index in [1.165, 1.54) is 5.69 Å². The van der Waals surface area contributed by atoms with Gasteiger partial charge in [-0.15, -0.1) is 0 Å². The van der Waals surface area contributed by atoms with Crippen LogP contribution in [0.4, 0.5) is 11.4 Å². The summed E-state index contributed by atoms with van der Waals surface area (Å²) >= 11 is 3.45. The normalized spacial score (nSPS) is 18.8. The van der Waals surface area contributed by atoms with Crippen LogP contribution in [0.25, 0.3) is 0 Å². The monoisotopic (exact) mass is 252 g/mol. The molecule has 0 unspecified atom stereocenters. The zero-order valence-corrected chi connectivity index (χ0v) is 9.12. The quantitative estimate of drug-likeness (QED) is 0.701.